The number of aryl methyl sites for hydroxylation is 2. The van der Waals surface area contributed by atoms with Crippen LogP contribution in [0.4, 0.5) is 0 Å². The predicted molar refractivity (Wildman–Crippen MR) is 95.3 cm³/mol. The summed E-state index contributed by atoms with van der Waals surface area (Å²) in [5, 5.41) is 5.59. The molecule has 0 saturated heterocycles. The van der Waals surface area contributed by atoms with E-state index in [0.717, 1.165) is 12.8 Å². The molecule has 22 heavy (non-hydrogen) atoms. The molecule has 1 aromatic heterocycles. The van der Waals surface area contributed by atoms with Gasteiger partial charge in [-0.05, 0) is 35.4 Å². The van der Waals surface area contributed by atoms with Crippen molar-refractivity contribution in [2.75, 3.05) is 0 Å². The van der Waals surface area contributed by atoms with Crippen LogP contribution >= 0.6 is 0 Å². The molecule has 0 radical (unpaired) electrons. The van der Waals surface area contributed by atoms with E-state index >= 15 is 0 Å². The lowest BCUT2D eigenvalue weighted by Crippen LogP contribution is -1.98. The SMILES string of the molecule is Cn1c2ccccc2c2c3c(c4ccccc4c21)C=CCC3. The van der Waals surface area contributed by atoms with Crippen molar-refractivity contribution in [2.45, 2.75) is 12.8 Å². The number of allylic oxidation sites excluding steroid dienone is 1. The second-order valence-corrected chi connectivity index (χ2v) is 6.18. The number of nitrogens with zero attached hydrogens (tertiary/aromatic N) is 1. The summed E-state index contributed by atoms with van der Waals surface area (Å²) in [6, 6.07) is 17.6. The summed E-state index contributed by atoms with van der Waals surface area (Å²) >= 11 is 0. The first-order valence-electron chi connectivity index (χ1n) is 7.93. The molecular formula is C21H17N. The van der Waals surface area contributed by atoms with Gasteiger partial charge in [0.2, 0.25) is 0 Å². The van der Waals surface area contributed by atoms with Crippen LogP contribution in [0.2, 0.25) is 0 Å². The molecule has 3 aromatic carbocycles. The average molecular weight is 283 g/mol. The molecule has 1 aliphatic carbocycles. The van der Waals surface area contributed by atoms with E-state index in [4.69, 9.17) is 0 Å². The highest BCUT2D eigenvalue weighted by molar-refractivity contribution is 6.21. The molecule has 1 nitrogen and oxygen atoms in total. The predicted octanol–water partition coefficient (Wildman–Crippen LogP) is 5.44. The summed E-state index contributed by atoms with van der Waals surface area (Å²) in [4.78, 5) is 0. The Balaban J connectivity index is 2.19. The van der Waals surface area contributed by atoms with Crippen molar-refractivity contribution < 1.29 is 0 Å². The van der Waals surface area contributed by atoms with Gasteiger partial charge in [-0.25, -0.2) is 0 Å². The Labute approximate surface area is 129 Å². The monoisotopic (exact) mass is 283 g/mol. The van der Waals surface area contributed by atoms with Gasteiger partial charge in [0.1, 0.15) is 0 Å². The Hall–Kier alpha value is -2.54. The summed E-state index contributed by atoms with van der Waals surface area (Å²) in [7, 11) is 2.20. The maximum atomic E-state index is 2.37. The lowest BCUT2D eigenvalue weighted by molar-refractivity contribution is 0.995. The summed E-state index contributed by atoms with van der Waals surface area (Å²) in [6.07, 6.45) is 6.92. The molecule has 0 fully saturated rings. The van der Waals surface area contributed by atoms with E-state index in [1.165, 1.54) is 43.7 Å². The van der Waals surface area contributed by atoms with E-state index in [-0.39, 0.29) is 0 Å². The first-order valence-corrected chi connectivity index (χ1v) is 7.93. The number of hydrogen-bond donors (Lipinski definition) is 0. The van der Waals surface area contributed by atoms with Crippen molar-refractivity contribution in [1.82, 2.24) is 4.57 Å². The minimum atomic E-state index is 1.14. The molecule has 1 heteroatoms. The zero-order chi connectivity index (χ0) is 14.7. The minimum absolute atomic E-state index is 1.14. The van der Waals surface area contributed by atoms with Crippen LogP contribution in [0.1, 0.15) is 17.5 Å². The highest BCUT2D eigenvalue weighted by Crippen LogP contribution is 2.41. The Kier molecular flexibility index (Phi) is 2.32. The van der Waals surface area contributed by atoms with E-state index in [1.807, 2.05) is 0 Å². The van der Waals surface area contributed by atoms with Gasteiger partial charge < -0.3 is 4.57 Å². The van der Waals surface area contributed by atoms with Gasteiger partial charge >= 0.3 is 0 Å². The van der Waals surface area contributed by atoms with Crippen molar-refractivity contribution >= 4 is 38.7 Å². The zero-order valence-electron chi connectivity index (χ0n) is 12.6. The fourth-order valence-electron chi connectivity index (χ4n) is 4.11. The van der Waals surface area contributed by atoms with Gasteiger partial charge in [0.05, 0.1) is 5.52 Å². The number of benzene rings is 3. The summed E-state index contributed by atoms with van der Waals surface area (Å²) < 4.78 is 2.37. The Morgan fingerprint density at radius 2 is 1.59 bits per heavy atom. The van der Waals surface area contributed by atoms with Gasteiger partial charge in [-0.15, -0.1) is 0 Å². The van der Waals surface area contributed by atoms with E-state index in [9.17, 15) is 0 Å². The van der Waals surface area contributed by atoms with Crippen LogP contribution in [-0.2, 0) is 13.5 Å². The average Bonchev–Trinajstić information content (AvgIpc) is 2.89. The smallest absolute Gasteiger partial charge is 0.0571 e. The Morgan fingerprint density at radius 1 is 0.864 bits per heavy atom. The van der Waals surface area contributed by atoms with Crippen LogP contribution in [0.3, 0.4) is 0 Å². The first kappa shape index (κ1) is 12.0. The van der Waals surface area contributed by atoms with Gasteiger partial charge in [0, 0.05) is 28.7 Å². The largest absolute Gasteiger partial charge is 0.343 e. The third kappa shape index (κ3) is 1.38. The second kappa shape index (κ2) is 4.23. The van der Waals surface area contributed by atoms with Crippen LogP contribution in [-0.4, -0.2) is 4.57 Å². The molecule has 0 saturated carbocycles. The molecule has 0 spiro atoms. The number of hydrogen-bond acceptors (Lipinski definition) is 0. The minimum Gasteiger partial charge on any atom is -0.343 e. The molecule has 0 unspecified atom stereocenters. The molecule has 0 bridgehead atoms. The Morgan fingerprint density at radius 3 is 2.45 bits per heavy atom. The van der Waals surface area contributed by atoms with Crippen molar-refractivity contribution in [2.24, 2.45) is 7.05 Å². The molecule has 106 valence electrons. The number of para-hydroxylation sites is 1. The zero-order valence-corrected chi connectivity index (χ0v) is 12.6. The van der Waals surface area contributed by atoms with Gasteiger partial charge in [-0.1, -0.05) is 54.6 Å². The maximum Gasteiger partial charge on any atom is 0.0571 e. The Bertz CT molecular complexity index is 1080. The van der Waals surface area contributed by atoms with E-state index in [0.29, 0.717) is 0 Å². The standard InChI is InChI=1S/C21H17N/c1-22-19-13-7-6-12-18(19)20-16-10-4-2-8-14(16)15-9-3-5-11-17(15)21(20)22/h2-3,5-9,11-13H,4,10H2,1H3. The summed E-state index contributed by atoms with van der Waals surface area (Å²) in [6.45, 7) is 0. The molecule has 1 heterocycles. The van der Waals surface area contributed by atoms with Gasteiger partial charge in [-0.3, -0.25) is 0 Å². The molecular weight excluding hydrogens is 266 g/mol. The van der Waals surface area contributed by atoms with E-state index in [2.05, 4.69) is 72.3 Å². The normalized spacial score (nSPS) is 14.0. The summed E-state index contributed by atoms with van der Waals surface area (Å²) in [5.41, 5.74) is 5.65. The van der Waals surface area contributed by atoms with Gasteiger partial charge in [-0.2, -0.15) is 0 Å². The number of rotatable bonds is 0. The topological polar surface area (TPSA) is 4.93 Å². The van der Waals surface area contributed by atoms with Crippen molar-refractivity contribution in [3.63, 3.8) is 0 Å². The molecule has 0 N–H and O–H groups in total. The third-order valence-corrected chi connectivity index (χ3v) is 5.05. The van der Waals surface area contributed by atoms with Gasteiger partial charge in [0.25, 0.3) is 0 Å². The van der Waals surface area contributed by atoms with E-state index in [1.54, 1.807) is 0 Å². The van der Waals surface area contributed by atoms with E-state index < -0.39 is 0 Å². The van der Waals surface area contributed by atoms with Crippen molar-refractivity contribution in [3.05, 3.63) is 65.7 Å². The molecule has 5 rings (SSSR count). The molecule has 4 aromatic rings. The second-order valence-electron chi connectivity index (χ2n) is 6.18. The quantitative estimate of drug-likeness (QED) is 0.405. The van der Waals surface area contributed by atoms with Crippen molar-refractivity contribution in [1.29, 1.82) is 0 Å². The molecule has 0 aliphatic heterocycles. The maximum absolute atomic E-state index is 2.37. The fourth-order valence-corrected chi connectivity index (χ4v) is 4.11. The third-order valence-electron chi connectivity index (χ3n) is 5.05. The van der Waals surface area contributed by atoms with Crippen molar-refractivity contribution in [3.8, 4) is 0 Å². The highest BCUT2D eigenvalue weighted by Gasteiger charge is 2.19. The molecule has 1 aliphatic rings. The van der Waals surface area contributed by atoms with Crippen LogP contribution < -0.4 is 0 Å². The van der Waals surface area contributed by atoms with Crippen LogP contribution in [0.15, 0.2) is 54.6 Å². The molecule has 0 atom stereocenters. The van der Waals surface area contributed by atoms with Crippen LogP contribution in [0.25, 0.3) is 38.7 Å². The lowest BCUT2D eigenvalue weighted by atomic mass is 9.88. The lowest BCUT2D eigenvalue weighted by Gasteiger charge is -2.16. The highest BCUT2D eigenvalue weighted by atomic mass is 14.9. The van der Waals surface area contributed by atoms with Crippen LogP contribution in [0, 0.1) is 0 Å². The number of fused-ring (bicyclic) bond motifs is 8. The molecule has 0 amide bonds. The van der Waals surface area contributed by atoms with Crippen LogP contribution in [0.5, 0.6) is 0 Å². The fraction of sp³-hybridized carbons (Fsp3) is 0.143. The summed E-state index contributed by atoms with van der Waals surface area (Å²) in [5.74, 6) is 0. The number of aromatic nitrogens is 1. The van der Waals surface area contributed by atoms with Gasteiger partial charge in [0.15, 0.2) is 0 Å². The first-order chi connectivity index (χ1) is 10.9.